The first-order valence-corrected chi connectivity index (χ1v) is 7.45. The molecule has 1 aromatic rings. The van der Waals surface area contributed by atoms with Crippen LogP contribution in [0.2, 0.25) is 0 Å². The lowest BCUT2D eigenvalue weighted by Crippen LogP contribution is -2.08. The van der Waals surface area contributed by atoms with Crippen molar-refractivity contribution in [3.8, 4) is 6.07 Å². The minimum absolute atomic E-state index is 0.0407. The van der Waals surface area contributed by atoms with E-state index < -0.39 is 15.8 Å². The maximum atomic E-state index is 11.9. The zero-order chi connectivity index (χ0) is 13.8. The number of benzene rings is 1. The Labute approximate surface area is 113 Å². The Balaban J connectivity index is 3.07. The summed E-state index contributed by atoms with van der Waals surface area (Å²) >= 11 is 3.04. The zero-order valence-corrected chi connectivity index (χ0v) is 11.7. The van der Waals surface area contributed by atoms with E-state index >= 15 is 0 Å². The SMILES string of the molecule is N#CCCCS(=O)(=O)c1ccc(Br)c(C(=O)O)c1. The van der Waals surface area contributed by atoms with E-state index in [1.54, 1.807) is 0 Å². The van der Waals surface area contributed by atoms with Crippen molar-refractivity contribution < 1.29 is 18.3 Å². The van der Waals surface area contributed by atoms with Crippen molar-refractivity contribution in [1.82, 2.24) is 0 Å². The molecule has 1 rings (SSSR count). The van der Waals surface area contributed by atoms with Crippen LogP contribution in [0.15, 0.2) is 27.6 Å². The Hall–Kier alpha value is -1.39. The summed E-state index contributed by atoms with van der Waals surface area (Å²) in [6.07, 6.45) is 0.388. The minimum Gasteiger partial charge on any atom is -0.478 e. The molecule has 96 valence electrons. The van der Waals surface area contributed by atoms with Gasteiger partial charge < -0.3 is 5.11 Å². The third-order valence-electron chi connectivity index (χ3n) is 2.23. The molecule has 0 unspecified atom stereocenters. The minimum atomic E-state index is -3.54. The number of carboxylic acid groups (broad SMARTS) is 1. The molecule has 1 N–H and O–H groups in total. The molecule has 0 fully saturated rings. The summed E-state index contributed by atoms with van der Waals surface area (Å²) in [7, 11) is -3.54. The monoisotopic (exact) mass is 331 g/mol. The van der Waals surface area contributed by atoms with Gasteiger partial charge >= 0.3 is 5.97 Å². The van der Waals surface area contributed by atoms with Crippen molar-refractivity contribution in [3.05, 3.63) is 28.2 Å². The number of rotatable bonds is 5. The van der Waals surface area contributed by atoms with Gasteiger partial charge in [-0.2, -0.15) is 5.26 Å². The topological polar surface area (TPSA) is 95.2 Å². The van der Waals surface area contributed by atoms with Gasteiger partial charge in [0.25, 0.3) is 0 Å². The van der Waals surface area contributed by atoms with Crippen LogP contribution >= 0.6 is 15.9 Å². The molecule has 0 saturated heterocycles. The summed E-state index contributed by atoms with van der Waals surface area (Å²) in [5.74, 6) is -1.36. The molecule has 0 spiro atoms. The molecule has 0 heterocycles. The lowest BCUT2D eigenvalue weighted by atomic mass is 10.2. The highest BCUT2D eigenvalue weighted by molar-refractivity contribution is 9.10. The van der Waals surface area contributed by atoms with Crippen LogP contribution in [0.4, 0.5) is 0 Å². The van der Waals surface area contributed by atoms with Crippen molar-refractivity contribution in [3.63, 3.8) is 0 Å². The third-order valence-corrected chi connectivity index (χ3v) is 4.72. The van der Waals surface area contributed by atoms with Crippen LogP contribution in [0.3, 0.4) is 0 Å². The van der Waals surface area contributed by atoms with Gasteiger partial charge in [0.05, 0.1) is 22.3 Å². The molecule has 1 aromatic carbocycles. The fourth-order valence-corrected chi connectivity index (χ4v) is 3.07. The van der Waals surface area contributed by atoms with Crippen molar-refractivity contribution >= 4 is 31.7 Å². The zero-order valence-electron chi connectivity index (χ0n) is 9.26. The van der Waals surface area contributed by atoms with E-state index in [-0.39, 0.29) is 29.1 Å². The van der Waals surface area contributed by atoms with Crippen LogP contribution in [0, 0.1) is 11.3 Å². The van der Waals surface area contributed by atoms with Gasteiger partial charge in [-0.25, -0.2) is 13.2 Å². The second kappa shape index (κ2) is 5.98. The van der Waals surface area contributed by atoms with Gasteiger partial charge in [0.2, 0.25) is 0 Å². The van der Waals surface area contributed by atoms with Crippen LogP contribution in [0.25, 0.3) is 0 Å². The van der Waals surface area contributed by atoms with Gasteiger partial charge in [-0.1, -0.05) is 0 Å². The van der Waals surface area contributed by atoms with Crippen LogP contribution in [0.5, 0.6) is 0 Å². The summed E-state index contributed by atoms with van der Waals surface area (Å²) in [6.45, 7) is 0. The molecular weight excluding hydrogens is 322 g/mol. The van der Waals surface area contributed by atoms with E-state index in [2.05, 4.69) is 15.9 Å². The highest BCUT2D eigenvalue weighted by Crippen LogP contribution is 2.22. The van der Waals surface area contributed by atoms with Crippen LogP contribution in [0.1, 0.15) is 23.2 Å². The summed E-state index contributed by atoms with van der Waals surface area (Å²) in [5, 5.41) is 17.3. The fraction of sp³-hybridized carbons (Fsp3) is 0.273. The average molecular weight is 332 g/mol. The second-order valence-corrected chi connectivity index (χ2v) is 6.49. The Morgan fingerprint density at radius 2 is 2.11 bits per heavy atom. The Kier molecular flexibility index (Phi) is 4.87. The number of nitrogens with zero attached hydrogens (tertiary/aromatic N) is 1. The van der Waals surface area contributed by atoms with Gasteiger partial charge in [-0.05, 0) is 40.5 Å². The fourth-order valence-electron chi connectivity index (χ4n) is 1.32. The number of sulfone groups is 1. The van der Waals surface area contributed by atoms with Gasteiger partial charge in [-0.3, -0.25) is 0 Å². The molecule has 0 bridgehead atoms. The maximum Gasteiger partial charge on any atom is 0.336 e. The van der Waals surface area contributed by atoms with E-state index in [9.17, 15) is 13.2 Å². The number of carbonyl (C=O) groups is 1. The van der Waals surface area contributed by atoms with Gasteiger partial charge in [0.15, 0.2) is 9.84 Å². The van der Waals surface area contributed by atoms with E-state index in [0.29, 0.717) is 4.47 Å². The number of aromatic carboxylic acids is 1. The predicted octanol–water partition coefficient (Wildman–Crippen LogP) is 2.22. The number of nitriles is 1. The molecular formula is C11H10BrNO4S. The molecule has 0 aliphatic heterocycles. The van der Waals surface area contributed by atoms with Crippen molar-refractivity contribution in [2.45, 2.75) is 17.7 Å². The first kappa shape index (κ1) is 14.7. The molecule has 0 saturated carbocycles. The summed E-state index contributed by atoms with van der Waals surface area (Å²) in [4.78, 5) is 10.9. The van der Waals surface area contributed by atoms with Crippen LogP contribution < -0.4 is 0 Å². The first-order chi connectivity index (χ1) is 8.38. The van der Waals surface area contributed by atoms with E-state index in [0.717, 1.165) is 6.07 Å². The first-order valence-electron chi connectivity index (χ1n) is 5.01. The number of halogens is 1. The Morgan fingerprint density at radius 3 is 2.67 bits per heavy atom. The molecule has 7 heteroatoms. The lowest BCUT2D eigenvalue weighted by Gasteiger charge is -2.05. The van der Waals surface area contributed by atoms with E-state index in [1.165, 1.54) is 12.1 Å². The number of hydrogen-bond donors (Lipinski definition) is 1. The molecule has 0 amide bonds. The van der Waals surface area contributed by atoms with E-state index in [1.807, 2.05) is 6.07 Å². The third kappa shape index (κ3) is 3.55. The van der Waals surface area contributed by atoms with Crippen LogP contribution in [-0.4, -0.2) is 25.2 Å². The molecule has 0 atom stereocenters. The van der Waals surface area contributed by atoms with Crippen molar-refractivity contribution in [1.29, 1.82) is 5.26 Å². The van der Waals surface area contributed by atoms with Gasteiger partial charge in [-0.15, -0.1) is 0 Å². The second-order valence-electron chi connectivity index (χ2n) is 3.53. The normalized spacial score (nSPS) is 10.9. The number of carboxylic acids is 1. The molecule has 18 heavy (non-hydrogen) atoms. The Morgan fingerprint density at radius 1 is 1.44 bits per heavy atom. The molecule has 0 aromatic heterocycles. The smallest absolute Gasteiger partial charge is 0.336 e. The summed E-state index contributed by atoms with van der Waals surface area (Å²) in [5.41, 5.74) is -0.101. The van der Waals surface area contributed by atoms with Crippen molar-refractivity contribution in [2.24, 2.45) is 0 Å². The quantitative estimate of drug-likeness (QED) is 0.834. The largest absolute Gasteiger partial charge is 0.478 e. The highest BCUT2D eigenvalue weighted by Gasteiger charge is 2.17. The van der Waals surface area contributed by atoms with Crippen LogP contribution in [-0.2, 0) is 9.84 Å². The molecule has 5 nitrogen and oxygen atoms in total. The lowest BCUT2D eigenvalue weighted by molar-refractivity contribution is 0.0695. The van der Waals surface area contributed by atoms with Gasteiger partial charge in [0, 0.05) is 10.9 Å². The summed E-state index contributed by atoms with van der Waals surface area (Å²) in [6, 6.07) is 5.72. The average Bonchev–Trinajstić information content (AvgIpc) is 2.29. The number of unbranched alkanes of at least 4 members (excludes halogenated alkanes) is 1. The standard InChI is InChI=1S/C11H10BrNO4S/c12-10-4-3-8(7-9(10)11(14)15)18(16,17)6-2-1-5-13/h3-4,7H,1-2,6H2,(H,14,15). The predicted molar refractivity (Wildman–Crippen MR) is 68.0 cm³/mol. The Bertz CT molecular complexity index is 604. The summed E-state index contributed by atoms with van der Waals surface area (Å²) < 4.78 is 24.1. The molecule has 0 radical (unpaired) electrons. The maximum absolute atomic E-state index is 11.9. The van der Waals surface area contributed by atoms with E-state index in [4.69, 9.17) is 10.4 Å². The van der Waals surface area contributed by atoms with Crippen molar-refractivity contribution in [2.75, 3.05) is 5.75 Å². The highest BCUT2D eigenvalue weighted by atomic mass is 79.9. The molecule has 0 aliphatic carbocycles. The molecule has 0 aliphatic rings. The number of hydrogen-bond acceptors (Lipinski definition) is 4. The van der Waals surface area contributed by atoms with Gasteiger partial charge in [0.1, 0.15) is 0 Å².